The Kier molecular flexibility index (Phi) is 5.32. The molecule has 112 valence electrons. The first kappa shape index (κ1) is 16.2. The molecule has 1 N–H and O–H groups in total. The third kappa shape index (κ3) is 5.43. The zero-order chi connectivity index (χ0) is 15.3. The average molecular weight is 292 g/mol. The number of nitrogens with zero attached hydrogens (tertiary/aromatic N) is 1. The lowest BCUT2D eigenvalue weighted by molar-refractivity contribution is -0.384. The van der Waals surface area contributed by atoms with Crippen LogP contribution in [0.15, 0.2) is 18.2 Å². The molecule has 0 bridgehead atoms. The molecule has 1 rings (SSSR count). The second kappa shape index (κ2) is 6.56. The van der Waals surface area contributed by atoms with E-state index in [1.165, 1.54) is 6.07 Å². The van der Waals surface area contributed by atoms with Crippen molar-refractivity contribution >= 4 is 11.4 Å². The number of hydrogen-bond donors (Lipinski definition) is 1. The van der Waals surface area contributed by atoms with Crippen LogP contribution in [0.4, 0.5) is 24.5 Å². The number of halogens is 3. The van der Waals surface area contributed by atoms with Crippen LogP contribution in [0.5, 0.6) is 0 Å². The summed E-state index contributed by atoms with van der Waals surface area (Å²) < 4.78 is 40.3. The average Bonchev–Trinajstić information content (AvgIpc) is 2.26. The molecule has 0 fully saturated rings. The molecule has 8 heteroatoms. The molecule has 1 atom stereocenters. The summed E-state index contributed by atoms with van der Waals surface area (Å²) in [6, 6.07) is 4.02. The molecule has 0 aromatic heterocycles. The van der Waals surface area contributed by atoms with Crippen molar-refractivity contribution in [2.45, 2.75) is 26.1 Å². The Morgan fingerprint density at radius 1 is 1.45 bits per heavy atom. The first-order chi connectivity index (χ1) is 9.19. The first-order valence-corrected chi connectivity index (χ1v) is 5.85. The summed E-state index contributed by atoms with van der Waals surface area (Å²) in [7, 11) is 0. The zero-order valence-electron chi connectivity index (χ0n) is 11.0. The summed E-state index contributed by atoms with van der Waals surface area (Å²) in [4.78, 5) is 10.3. The highest BCUT2D eigenvalue weighted by atomic mass is 19.4. The Labute approximate surface area is 113 Å². The highest BCUT2D eigenvalue weighted by Crippen LogP contribution is 2.26. The quantitative estimate of drug-likeness (QED) is 0.645. The zero-order valence-corrected chi connectivity index (χ0v) is 11.0. The molecule has 20 heavy (non-hydrogen) atoms. The molecule has 0 aliphatic carbocycles. The van der Waals surface area contributed by atoms with Crippen molar-refractivity contribution in [1.82, 2.24) is 0 Å². The summed E-state index contributed by atoms with van der Waals surface area (Å²) in [6.45, 7) is 1.81. The summed E-state index contributed by atoms with van der Waals surface area (Å²) in [5.74, 6) is 0. The van der Waals surface area contributed by atoms with Gasteiger partial charge < -0.3 is 10.1 Å². The Hall–Kier alpha value is -1.83. The first-order valence-electron chi connectivity index (χ1n) is 5.85. The van der Waals surface area contributed by atoms with Crippen molar-refractivity contribution in [2.75, 3.05) is 18.5 Å². The van der Waals surface area contributed by atoms with E-state index in [1.54, 1.807) is 26.0 Å². The Morgan fingerprint density at radius 2 is 2.10 bits per heavy atom. The minimum atomic E-state index is -4.38. The molecule has 0 aliphatic rings. The van der Waals surface area contributed by atoms with E-state index in [4.69, 9.17) is 0 Å². The Morgan fingerprint density at radius 3 is 2.65 bits per heavy atom. The summed E-state index contributed by atoms with van der Waals surface area (Å²) >= 11 is 0. The third-order valence-corrected chi connectivity index (χ3v) is 2.38. The topological polar surface area (TPSA) is 64.4 Å². The van der Waals surface area contributed by atoms with Crippen LogP contribution < -0.4 is 5.32 Å². The molecule has 0 aliphatic heterocycles. The van der Waals surface area contributed by atoms with E-state index >= 15 is 0 Å². The molecule has 5 nitrogen and oxygen atoms in total. The van der Waals surface area contributed by atoms with Gasteiger partial charge in [0.25, 0.3) is 5.69 Å². The van der Waals surface area contributed by atoms with Gasteiger partial charge in [-0.05, 0) is 25.5 Å². The van der Waals surface area contributed by atoms with E-state index in [-0.39, 0.29) is 18.0 Å². The van der Waals surface area contributed by atoms with Crippen molar-refractivity contribution in [3.8, 4) is 0 Å². The SMILES string of the molecule is Cc1ccc([N+](=O)[O-])c(NC(C)COCC(F)(F)F)c1. The predicted molar refractivity (Wildman–Crippen MR) is 67.8 cm³/mol. The molecule has 0 saturated heterocycles. The molecular weight excluding hydrogens is 277 g/mol. The lowest BCUT2D eigenvalue weighted by atomic mass is 10.2. The van der Waals surface area contributed by atoms with E-state index in [1.807, 2.05) is 0 Å². The molecule has 1 aromatic carbocycles. The fourth-order valence-corrected chi connectivity index (χ4v) is 1.58. The van der Waals surface area contributed by atoms with E-state index in [0.29, 0.717) is 0 Å². The largest absolute Gasteiger partial charge is 0.411 e. The lowest BCUT2D eigenvalue weighted by Crippen LogP contribution is -2.26. The van der Waals surface area contributed by atoms with Crippen LogP contribution in [0.3, 0.4) is 0 Å². The number of rotatable bonds is 6. The molecule has 1 aromatic rings. The number of anilines is 1. The molecule has 0 saturated carbocycles. The van der Waals surface area contributed by atoms with Crippen molar-refractivity contribution in [2.24, 2.45) is 0 Å². The minimum Gasteiger partial charge on any atom is -0.375 e. The maximum Gasteiger partial charge on any atom is 0.411 e. The summed E-state index contributed by atoms with van der Waals surface area (Å²) in [5.41, 5.74) is 0.942. The van der Waals surface area contributed by atoms with Crippen LogP contribution in [0.2, 0.25) is 0 Å². The van der Waals surface area contributed by atoms with Crippen LogP contribution in [0.25, 0.3) is 0 Å². The van der Waals surface area contributed by atoms with Gasteiger partial charge in [-0.15, -0.1) is 0 Å². The van der Waals surface area contributed by atoms with Crippen LogP contribution in [-0.4, -0.2) is 30.4 Å². The van der Waals surface area contributed by atoms with Crippen LogP contribution in [0, 0.1) is 17.0 Å². The van der Waals surface area contributed by atoms with Crippen LogP contribution in [0.1, 0.15) is 12.5 Å². The molecule has 0 radical (unpaired) electrons. The van der Waals surface area contributed by atoms with Crippen molar-refractivity contribution in [1.29, 1.82) is 0 Å². The molecule has 0 spiro atoms. The lowest BCUT2D eigenvalue weighted by Gasteiger charge is -2.16. The Balaban J connectivity index is 2.63. The predicted octanol–water partition coefficient (Wildman–Crippen LogP) is 3.28. The number of nitro groups is 1. The van der Waals surface area contributed by atoms with Crippen molar-refractivity contribution in [3.63, 3.8) is 0 Å². The fourth-order valence-electron chi connectivity index (χ4n) is 1.58. The monoisotopic (exact) mass is 292 g/mol. The van der Waals surface area contributed by atoms with Crippen LogP contribution in [-0.2, 0) is 4.74 Å². The fraction of sp³-hybridized carbons (Fsp3) is 0.500. The number of nitro benzene ring substituents is 1. The maximum absolute atomic E-state index is 11.9. The number of hydrogen-bond acceptors (Lipinski definition) is 4. The van der Waals surface area contributed by atoms with Gasteiger partial charge in [-0.25, -0.2) is 0 Å². The van der Waals surface area contributed by atoms with Gasteiger partial charge in [-0.1, -0.05) is 6.07 Å². The van der Waals surface area contributed by atoms with Gasteiger partial charge in [0.2, 0.25) is 0 Å². The van der Waals surface area contributed by atoms with Gasteiger partial charge in [0.15, 0.2) is 0 Å². The number of benzene rings is 1. The van der Waals surface area contributed by atoms with Gasteiger partial charge in [0.1, 0.15) is 12.3 Å². The van der Waals surface area contributed by atoms with Crippen molar-refractivity contribution < 1.29 is 22.8 Å². The standard InChI is InChI=1S/C12H15F3N2O3/c1-8-3-4-11(17(18)19)10(5-8)16-9(2)6-20-7-12(13,14)15/h3-5,9,16H,6-7H2,1-2H3. The second-order valence-electron chi connectivity index (χ2n) is 4.45. The molecular formula is C12H15F3N2O3. The molecule has 0 heterocycles. The number of aryl methyl sites for hydroxylation is 1. The van der Waals surface area contributed by atoms with Gasteiger partial charge in [-0.2, -0.15) is 13.2 Å². The van der Waals surface area contributed by atoms with Crippen molar-refractivity contribution in [3.05, 3.63) is 33.9 Å². The Bertz CT molecular complexity index is 478. The number of alkyl halides is 3. The highest BCUT2D eigenvalue weighted by molar-refractivity contribution is 5.63. The van der Waals surface area contributed by atoms with Gasteiger partial charge >= 0.3 is 6.18 Å². The number of ether oxygens (including phenoxy) is 1. The van der Waals surface area contributed by atoms with Gasteiger partial charge in [0.05, 0.1) is 11.5 Å². The van der Waals surface area contributed by atoms with Gasteiger partial charge in [-0.3, -0.25) is 10.1 Å². The smallest absolute Gasteiger partial charge is 0.375 e. The van der Waals surface area contributed by atoms with Gasteiger partial charge in [0, 0.05) is 12.1 Å². The molecule has 0 amide bonds. The number of nitrogens with one attached hydrogen (secondary N) is 1. The van der Waals surface area contributed by atoms with E-state index in [9.17, 15) is 23.3 Å². The van der Waals surface area contributed by atoms with E-state index < -0.39 is 23.7 Å². The second-order valence-corrected chi connectivity index (χ2v) is 4.45. The molecule has 1 unspecified atom stereocenters. The van der Waals surface area contributed by atoms with E-state index in [2.05, 4.69) is 10.1 Å². The highest BCUT2D eigenvalue weighted by Gasteiger charge is 2.27. The third-order valence-electron chi connectivity index (χ3n) is 2.38. The normalized spacial score (nSPS) is 13.1. The van der Waals surface area contributed by atoms with E-state index in [0.717, 1.165) is 5.56 Å². The van der Waals surface area contributed by atoms with Crippen LogP contribution >= 0.6 is 0 Å². The minimum absolute atomic E-state index is 0.127. The summed E-state index contributed by atoms with van der Waals surface area (Å²) in [6.07, 6.45) is -4.38. The maximum atomic E-state index is 11.9. The summed E-state index contributed by atoms with van der Waals surface area (Å²) in [5, 5.41) is 13.6.